The predicted octanol–water partition coefficient (Wildman–Crippen LogP) is 2.79. The first-order chi connectivity index (χ1) is 11.6. The molecule has 0 amide bonds. The van der Waals surface area contributed by atoms with Crippen LogP contribution in [0.4, 0.5) is 0 Å². The summed E-state index contributed by atoms with van der Waals surface area (Å²) in [6, 6.07) is 16.6. The van der Waals surface area contributed by atoms with E-state index in [1.807, 2.05) is 42.5 Å². The van der Waals surface area contributed by atoms with Gasteiger partial charge in [0.25, 0.3) is 0 Å². The number of benzene rings is 2. The first-order valence-electron chi connectivity index (χ1n) is 7.47. The Morgan fingerprint density at radius 3 is 1.71 bits per heavy atom. The van der Waals surface area contributed by atoms with Gasteiger partial charge in [0.15, 0.2) is 5.92 Å². The van der Waals surface area contributed by atoms with Gasteiger partial charge in [0.05, 0.1) is 21.3 Å². The topological polar surface area (TPSA) is 61.8 Å². The molecule has 0 saturated carbocycles. The number of carbonyl (C=O) groups excluding carboxylic acids is 2. The van der Waals surface area contributed by atoms with Crippen molar-refractivity contribution in [3.63, 3.8) is 0 Å². The van der Waals surface area contributed by atoms with Crippen LogP contribution in [0.1, 0.15) is 17.0 Å². The van der Waals surface area contributed by atoms with Crippen LogP contribution in [0.2, 0.25) is 0 Å². The molecule has 1 atom stereocenters. The standard InChI is InChI=1S/C19H20O5/c1-22-15-11-9-14(10-12-15)16(13-7-5-4-6-8-13)17(18(20)23-2)19(21)24-3/h4-12,16-17H,1-3H3. The van der Waals surface area contributed by atoms with E-state index in [-0.39, 0.29) is 0 Å². The summed E-state index contributed by atoms with van der Waals surface area (Å²) >= 11 is 0. The molecule has 0 heterocycles. The summed E-state index contributed by atoms with van der Waals surface area (Å²) in [5, 5.41) is 0. The van der Waals surface area contributed by atoms with Crippen molar-refractivity contribution in [1.82, 2.24) is 0 Å². The zero-order valence-electron chi connectivity index (χ0n) is 13.9. The molecule has 5 heteroatoms. The Kier molecular flexibility index (Phi) is 5.95. The average molecular weight is 328 g/mol. The number of ether oxygens (including phenoxy) is 3. The van der Waals surface area contributed by atoms with E-state index in [0.717, 1.165) is 11.1 Å². The summed E-state index contributed by atoms with van der Waals surface area (Å²) in [6.07, 6.45) is 0. The van der Waals surface area contributed by atoms with Crippen LogP contribution in [0.5, 0.6) is 5.75 Å². The molecular formula is C19H20O5. The van der Waals surface area contributed by atoms with Crippen LogP contribution in [0.3, 0.4) is 0 Å². The Bertz CT molecular complexity index is 663. The Balaban J connectivity index is 2.56. The minimum atomic E-state index is -1.09. The molecule has 0 radical (unpaired) electrons. The molecule has 0 aliphatic rings. The highest BCUT2D eigenvalue weighted by atomic mass is 16.5. The minimum Gasteiger partial charge on any atom is -0.497 e. The van der Waals surface area contributed by atoms with E-state index in [2.05, 4.69) is 0 Å². The second-order valence-corrected chi connectivity index (χ2v) is 5.19. The molecule has 0 aliphatic heterocycles. The second kappa shape index (κ2) is 8.15. The monoisotopic (exact) mass is 328 g/mol. The van der Waals surface area contributed by atoms with Crippen molar-refractivity contribution in [1.29, 1.82) is 0 Å². The first kappa shape index (κ1) is 17.5. The van der Waals surface area contributed by atoms with E-state index in [4.69, 9.17) is 14.2 Å². The maximum absolute atomic E-state index is 12.3. The summed E-state index contributed by atoms with van der Waals surface area (Å²) in [7, 11) is 4.10. The van der Waals surface area contributed by atoms with E-state index in [0.29, 0.717) is 5.75 Å². The third-order valence-corrected chi connectivity index (χ3v) is 3.88. The predicted molar refractivity (Wildman–Crippen MR) is 88.8 cm³/mol. The highest BCUT2D eigenvalue weighted by molar-refractivity contribution is 5.96. The van der Waals surface area contributed by atoms with Gasteiger partial charge in [-0.3, -0.25) is 9.59 Å². The van der Waals surface area contributed by atoms with Crippen LogP contribution in [0, 0.1) is 5.92 Å². The molecule has 2 aromatic rings. The molecule has 2 aromatic carbocycles. The molecule has 0 spiro atoms. The number of esters is 2. The molecule has 0 bridgehead atoms. The van der Waals surface area contributed by atoms with E-state index in [1.54, 1.807) is 19.2 Å². The fourth-order valence-electron chi connectivity index (χ4n) is 2.67. The lowest BCUT2D eigenvalue weighted by molar-refractivity contribution is -0.159. The van der Waals surface area contributed by atoms with Crippen LogP contribution in [-0.4, -0.2) is 33.3 Å². The van der Waals surface area contributed by atoms with Crippen molar-refractivity contribution >= 4 is 11.9 Å². The lowest BCUT2D eigenvalue weighted by atomic mass is 9.80. The number of carbonyl (C=O) groups is 2. The zero-order chi connectivity index (χ0) is 17.5. The molecule has 2 rings (SSSR count). The van der Waals surface area contributed by atoms with Crippen molar-refractivity contribution in [2.75, 3.05) is 21.3 Å². The van der Waals surface area contributed by atoms with Gasteiger partial charge in [-0.15, -0.1) is 0 Å². The van der Waals surface area contributed by atoms with Crippen molar-refractivity contribution in [2.45, 2.75) is 5.92 Å². The minimum absolute atomic E-state index is 0.517. The number of hydrogen-bond donors (Lipinski definition) is 0. The SMILES string of the molecule is COC(=O)C(C(=O)OC)C(c1ccccc1)c1ccc(OC)cc1. The lowest BCUT2D eigenvalue weighted by Gasteiger charge is -2.24. The molecule has 0 aromatic heterocycles. The second-order valence-electron chi connectivity index (χ2n) is 5.19. The highest BCUT2D eigenvalue weighted by Crippen LogP contribution is 2.34. The van der Waals surface area contributed by atoms with Crippen molar-refractivity contribution < 1.29 is 23.8 Å². The normalized spacial score (nSPS) is 11.7. The van der Waals surface area contributed by atoms with Gasteiger partial charge in [0.1, 0.15) is 5.75 Å². The van der Waals surface area contributed by atoms with Gasteiger partial charge in [-0.05, 0) is 23.3 Å². The summed E-state index contributed by atoms with van der Waals surface area (Å²) in [4.78, 5) is 24.6. The lowest BCUT2D eigenvalue weighted by Crippen LogP contribution is -2.32. The van der Waals surface area contributed by atoms with Crippen molar-refractivity contribution in [2.24, 2.45) is 5.92 Å². The van der Waals surface area contributed by atoms with Crippen LogP contribution in [0.25, 0.3) is 0 Å². The van der Waals surface area contributed by atoms with E-state index in [9.17, 15) is 9.59 Å². The van der Waals surface area contributed by atoms with Gasteiger partial charge in [-0.2, -0.15) is 0 Å². The van der Waals surface area contributed by atoms with Crippen LogP contribution >= 0.6 is 0 Å². The van der Waals surface area contributed by atoms with Gasteiger partial charge in [0.2, 0.25) is 0 Å². The maximum atomic E-state index is 12.3. The molecule has 0 N–H and O–H groups in total. The first-order valence-corrected chi connectivity index (χ1v) is 7.47. The average Bonchev–Trinajstić information content (AvgIpc) is 2.65. The Hall–Kier alpha value is -2.82. The molecule has 24 heavy (non-hydrogen) atoms. The van der Waals surface area contributed by atoms with Crippen LogP contribution < -0.4 is 4.74 Å². The molecule has 1 unspecified atom stereocenters. The number of methoxy groups -OCH3 is 3. The smallest absolute Gasteiger partial charge is 0.321 e. The van der Waals surface area contributed by atoms with Crippen molar-refractivity contribution in [3.8, 4) is 5.75 Å². The summed E-state index contributed by atoms with van der Waals surface area (Å²) in [5.41, 5.74) is 1.62. The van der Waals surface area contributed by atoms with E-state index >= 15 is 0 Å². The van der Waals surface area contributed by atoms with Gasteiger partial charge in [-0.1, -0.05) is 42.5 Å². The Labute approximate surface area is 141 Å². The number of rotatable bonds is 6. The van der Waals surface area contributed by atoms with Crippen LogP contribution in [0.15, 0.2) is 54.6 Å². The van der Waals surface area contributed by atoms with Gasteiger partial charge >= 0.3 is 11.9 Å². The summed E-state index contributed by atoms with van der Waals surface area (Å²) in [5.74, 6) is -2.18. The van der Waals surface area contributed by atoms with E-state index in [1.165, 1.54) is 14.2 Å². The third kappa shape index (κ3) is 3.74. The quantitative estimate of drug-likeness (QED) is 0.603. The van der Waals surface area contributed by atoms with Gasteiger partial charge in [-0.25, -0.2) is 0 Å². The molecule has 5 nitrogen and oxygen atoms in total. The third-order valence-electron chi connectivity index (χ3n) is 3.88. The Morgan fingerprint density at radius 1 is 0.750 bits per heavy atom. The maximum Gasteiger partial charge on any atom is 0.321 e. The fraction of sp³-hybridized carbons (Fsp3) is 0.263. The largest absolute Gasteiger partial charge is 0.497 e. The molecule has 126 valence electrons. The highest BCUT2D eigenvalue weighted by Gasteiger charge is 2.38. The molecular weight excluding hydrogens is 308 g/mol. The molecule has 0 saturated heterocycles. The molecule has 0 aliphatic carbocycles. The number of hydrogen-bond acceptors (Lipinski definition) is 5. The van der Waals surface area contributed by atoms with Gasteiger partial charge in [0, 0.05) is 5.92 Å². The van der Waals surface area contributed by atoms with Gasteiger partial charge < -0.3 is 14.2 Å². The van der Waals surface area contributed by atoms with E-state index < -0.39 is 23.8 Å². The fourth-order valence-corrected chi connectivity index (χ4v) is 2.67. The molecule has 0 fully saturated rings. The zero-order valence-corrected chi connectivity index (χ0v) is 13.9. The van der Waals surface area contributed by atoms with Crippen molar-refractivity contribution in [3.05, 3.63) is 65.7 Å². The summed E-state index contributed by atoms with van der Waals surface area (Å²) in [6.45, 7) is 0. The summed E-state index contributed by atoms with van der Waals surface area (Å²) < 4.78 is 14.8. The van der Waals surface area contributed by atoms with Crippen LogP contribution in [-0.2, 0) is 19.1 Å². The Morgan fingerprint density at radius 2 is 1.25 bits per heavy atom.